The molecule has 2 fully saturated rings. The van der Waals surface area contributed by atoms with Crippen LogP contribution in [-0.2, 0) is 4.74 Å². The highest BCUT2D eigenvalue weighted by Crippen LogP contribution is 2.48. The molecule has 2 rings (SSSR count). The van der Waals surface area contributed by atoms with Gasteiger partial charge in [-0.25, -0.2) is 0 Å². The van der Waals surface area contributed by atoms with Crippen molar-refractivity contribution in [2.24, 2.45) is 11.8 Å². The Kier molecular flexibility index (Phi) is 2.85. The largest absolute Gasteiger partial charge is 0.394 e. The molecule has 82 valence electrons. The van der Waals surface area contributed by atoms with Gasteiger partial charge in [0.1, 0.15) is 0 Å². The summed E-state index contributed by atoms with van der Waals surface area (Å²) in [4.78, 5) is 0. The average molecular weight is 198 g/mol. The van der Waals surface area contributed by atoms with Crippen molar-refractivity contribution in [3.63, 3.8) is 0 Å². The molecule has 0 unspecified atom stereocenters. The molecule has 0 radical (unpaired) electrons. The lowest BCUT2D eigenvalue weighted by Gasteiger charge is -2.44. The van der Waals surface area contributed by atoms with E-state index in [2.05, 4.69) is 13.8 Å². The molecule has 2 heteroatoms. The Bertz CT molecular complexity index is 192. The fraction of sp³-hybridized carbons (Fsp3) is 1.00. The van der Waals surface area contributed by atoms with Gasteiger partial charge in [-0.05, 0) is 37.5 Å². The zero-order valence-electron chi connectivity index (χ0n) is 9.33. The molecule has 0 aromatic carbocycles. The maximum Gasteiger partial charge on any atom is 0.0814 e. The number of rotatable bonds is 1. The second-order valence-electron chi connectivity index (χ2n) is 5.15. The van der Waals surface area contributed by atoms with E-state index >= 15 is 0 Å². The predicted octanol–water partition coefficient (Wildman–Crippen LogP) is 2.35. The lowest BCUT2D eigenvalue weighted by atomic mass is 9.68. The normalized spacial score (nSPS) is 41.8. The summed E-state index contributed by atoms with van der Waals surface area (Å²) in [7, 11) is 0. The third kappa shape index (κ3) is 1.49. The summed E-state index contributed by atoms with van der Waals surface area (Å²) in [6.45, 7) is 4.83. The van der Waals surface area contributed by atoms with Crippen molar-refractivity contribution in [3.8, 4) is 0 Å². The lowest BCUT2D eigenvalue weighted by Crippen LogP contribution is -2.46. The second kappa shape index (κ2) is 3.82. The van der Waals surface area contributed by atoms with E-state index in [9.17, 15) is 0 Å². The van der Waals surface area contributed by atoms with E-state index in [1.54, 1.807) is 0 Å². The van der Waals surface area contributed by atoms with Crippen molar-refractivity contribution in [2.75, 3.05) is 6.61 Å². The maximum absolute atomic E-state index is 9.13. The smallest absolute Gasteiger partial charge is 0.0814 e. The summed E-state index contributed by atoms with van der Waals surface area (Å²) in [5.74, 6) is 1.34. The summed E-state index contributed by atoms with van der Waals surface area (Å²) in [5.41, 5.74) is 0.103. The second-order valence-corrected chi connectivity index (χ2v) is 5.15. The van der Waals surface area contributed by atoms with Crippen molar-refractivity contribution in [1.29, 1.82) is 0 Å². The van der Waals surface area contributed by atoms with Crippen LogP contribution in [0.15, 0.2) is 0 Å². The van der Waals surface area contributed by atoms with Crippen LogP contribution in [0.25, 0.3) is 0 Å². The third-order valence-corrected chi connectivity index (χ3v) is 4.39. The first-order valence-corrected chi connectivity index (χ1v) is 5.97. The van der Waals surface area contributed by atoms with Gasteiger partial charge in [0, 0.05) is 0 Å². The quantitative estimate of drug-likeness (QED) is 0.701. The topological polar surface area (TPSA) is 29.5 Å². The van der Waals surface area contributed by atoms with Crippen LogP contribution < -0.4 is 0 Å². The Morgan fingerprint density at radius 1 is 1.21 bits per heavy atom. The molecule has 1 aliphatic heterocycles. The van der Waals surface area contributed by atoms with Gasteiger partial charge in [0.15, 0.2) is 0 Å². The summed E-state index contributed by atoms with van der Waals surface area (Å²) in [5, 5.41) is 9.13. The minimum Gasteiger partial charge on any atom is -0.394 e. The Balaban J connectivity index is 2.12. The summed E-state index contributed by atoms with van der Waals surface area (Å²) in [6.07, 6.45) is 6.24. The highest BCUT2D eigenvalue weighted by atomic mass is 16.5. The van der Waals surface area contributed by atoms with E-state index in [0.29, 0.717) is 11.8 Å². The molecular weight excluding hydrogens is 176 g/mol. The molecule has 1 heterocycles. The summed E-state index contributed by atoms with van der Waals surface area (Å²) in [6, 6.07) is 0. The van der Waals surface area contributed by atoms with Crippen LogP contribution in [0.4, 0.5) is 0 Å². The Morgan fingerprint density at radius 2 is 1.86 bits per heavy atom. The predicted molar refractivity (Wildman–Crippen MR) is 56.1 cm³/mol. The van der Waals surface area contributed by atoms with Gasteiger partial charge >= 0.3 is 0 Å². The SMILES string of the molecule is C[C@@H]1CCC[C@@H](C)C12CC[C@H](CO)O2. The van der Waals surface area contributed by atoms with Crippen LogP contribution in [0, 0.1) is 11.8 Å². The molecule has 1 N–H and O–H groups in total. The Hall–Kier alpha value is -0.0800. The van der Waals surface area contributed by atoms with Crippen LogP contribution in [0.1, 0.15) is 46.0 Å². The van der Waals surface area contributed by atoms with Gasteiger partial charge < -0.3 is 9.84 Å². The van der Waals surface area contributed by atoms with Crippen LogP contribution in [-0.4, -0.2) is 23.4 Å². The first kappa shape index (κ1) is 10.4. The first-order valence-electron chi connectivity index (χ1n) is 5.97. The van der Waals surface area contributed by atoms with Crippen LogP contribution in [0.3, 0.4) is 0 Å². The van der Waals surface area contributed by atoms with E-state index in [4.69, 9.17) is 9.84 Å². The van der Waals surface area contributed by atoms with Crippen molar-refractivity contribution in [1.82, 2.24) is 0 Å². The van der Waals surface area contributed by atoms with E-state index < -0.39 is 0 Å². The average Bonchev–Trinajstić information content (AvgIpc) is 2.60. The molecule has 0 aromatic heterocycles. The number of aliphatic hydroxyl groups is 1. The molecule has 1 spiro atoms. The minimum absolute atomic E-state index is 0.103. The molecule has 3 atom stereocenters. The molecule has 1 saturated carbocycles. The van der Waals surface area contributed by atoms with Crippen molar-refractivity contribution >= 4 is 0 Å². The van der Waals surface area contributed by atoms with E-state index in [1.807, 2.05) is 0 Å². The number of aliphatic hydroxyl groups excluding tert-OH is 1. The zero-order chi connectivity index (χ0) is 10.2. The number of hydrogen-bond acceptors (Lipinski definition) is 2. The van der Waals surface area contributed by atoms with Gasteiger partial charge in [0.25, 0.3) is 0 Å². The number of hydrogen-bond donors (Lipinski definition) is 1. The van der Waals surface area contributed by atoms with E-state index in [0.717, 1.165) is 12.8 Å². The minimum atomic E-state index is 0.103. The van der Waals surface area contributed by atoms with Gasteiger partial charge in [-0.2, -0.15) is 0 Å². The fourth-order valence-corrected chi connectivity index (χ4v) is 3.37. The monoisotopic (exact) mass is 198 g/mol. The molecular formula is C12H22O2. The van der Waals surface area contributed by atoms with Gasteiger partial charge in [-0.1, -0.05) is 20.3 Å². The van der Waals surface area contributed by atoms with Crippen LogP contribution in [0.5, 0.6) is 0 Å². The highest BCUT2D eigenvalue weighted by molar-refractivity contribution is 4.98. The van der Waals surface area contributed by atoms with Gasteiger partial charge in [-0.3, -0.25) is 0 Å². The Labute approximate surface area is 86.6 Å². The molecule has 2 aliphatic rings. The van der Waals surface area contributed by atoms with E-state index in [1.165, 1.54) is 19.3 Å². The van der Waals surface area contributed by atoms with Crippen molar-refractivity contribution in [3.05, 3.63) is 0 Å². The van der Waals surface area contributed by atoms with Crippen LogP contribution in [0.2, 0.25) is 0 Å². The Morgan fingerprint density at radius 3 is 2.36 bits per heavy atom. The highest BCUT2D eigenvalue weighted by Gasteiger charge is 2.49. The van der Waals surface area contributed by atoms with Gasteiger partial charge in [0.05, 0.1) is 18.3 Å². The summed E-state index contributed by atoms with van der Waals surface area (Å²) >= 11 is 0. The van der Waals surface area contributed by atoms with E-state index in [-0.39, 0.29) is 18.3 Å². The molecule has 1 aliphatic carbocycles. The summed E-state index contributed by atoms with van der Waals surface area (Å²) < 4.78 is 6.11. The van der Waals surface area contributed by atoms with Crippen LogP contribution >= 0.6 is 0 Å². The maximum atomic E-state index is 9.13. The van der Waals surface area contributed by atoms with Crippen molar-refractivity contribution in [2.45, 2.75) is 57.7 Å². The van der Waals surface area contributed by atoms with Gasteiger partial charge in [-0.15, -0.1) is 0 Å². The standard InChI is InChI=1S/C12H22O2/c1-9-4-3-5-10(2)12(9)7-6-11(8-13)14-12/h9-11,13H,3-8H2,1-2H3/t9-,10-,11-/m1/s1. The number of ether oxygens (including phenoxy) is 1. The fourth-order valence-electron chi connectivity index (χ4n) is 3.37. The molecule has 0 aromatic rings. The molecule has 14 heavy (non-hydrogen) atoms. The first-order chi connectivity index (χ1) is 6.69. The molecule has 1 saturated heterocycles. The lowest BCUT2D eigenvalue weighted by molar-refractivity contribution is -0.135. The zero-order valence-corrected chi connectivity index (χ0v) is 9.33. The molecule has 0 amide bonds. The third-order valence-electron chi connectivity index (χ3n) is 4.39. The molecule has 0 bridgehead atoms. The van der Waals surface area contributed by atoms with Crippen molar-refractivity contribution < 1.29 is 9.84 Å². The molecule has 2 nitrogen and oxygen atoms in total. The van der Waals surface area contributed by atoms with Gasteiger partial charge in [0.2, 0.25) is 0 Å².